The summed E-state index contributed by atoms with van der Waals surface area (Å²) in [4.78, 5) is 20.3. The van der Waals surface area contributed by atoms with Crippen molar-refractivity contribution in [3.63, 3.8) is 0 Å². The van der Waals surface area contributed by atoms with Crippen molar-refractivity contribution in [1.29, 1.82) is 0 Å². The minimum Gasteiger partial charge on any atom is -0.365 e. The van der Waals surface area contributed by atoms with Gasteiger partial charge in [-0.3, -0.25) is 0 Å². The average molecular weight is 472 g/mol. The highest BCUT2D eigenvalue weighted by atomic mass is 35.5. The number of piperazine rings is 1. The number of pyridine rings is 1. The van der Waals surface area contributed by atoms with E-state index in [0.29, 0.717) is 30.4 Å². The SMILES string of the molecule is CN1CCN(c2cc(-c3cnc4c(n3)N(Cc3c(F)ccc(F)c3Cl)CCN4)ccn2)CC1. The Bertz CT molecular complexity index is 1170. The van der Waals surface area contributed by atoms with Gasteiger partial charge in [0.05, 0.1) is 16.9 Å². The topological polar surface area (TPSA) is 60.4 Å². The Morgan fingerprint density at radius 1 is 1.03 bits per heavy atom. The first-order valence-corrected chi connectivity index (χ1v) is 11.3. The molecule has 0 spiro atoms. The molecule has 0 radical (unpaired) electrons. The quantitative estimate of drug-likeness (QED) is 0.583. The van der Waals surface area contributed by atoms with Gasteiger partial charge in [-0.05, 0) is 31.3 Å². The van der Waals surface area contributed by atoms with E-state index < -0.39 is 11.6 Å². The van der Waals surface area contributed by atoms with Crippen LogP contribution in [0.1, 0.15) is 5.56 Å². The molecule has 33 heavy (non-hydrogen) atoms. The maximum Gasteiger partial charge on any atom is 0.172 e. The highest BCUT2D eigenvalue weighted by molar-refractivity contribution is 6.31. The highest BCUT2D eigenvalue weighted by Crippen LogP contribution is 2.32. The Labute approximate surface area is 196 Å². The molecule has 1 saturated heterocycles. The summed E-state index contributed by atoms with van der Waals surface area (Å²) in [6.45, 7) is 5.08. The third-order valence-corrected chi connectivity index (χ3v) is 6.49. The van der Waals surface area contributed by atoms with Crippen molar-refractivity contribution < 1.29 is 8.78 Å². The van der Waals surface area contributed by atoms with E-state index in [9.17, 15) is 8.78 Å². The van der Waals surface area contributed by atoms with Gasteiger partial charge in [0, 0.05) is 63.1 Å². The van der Waals surface area contributed by atoms with Gasteiger partial charge in [-0.1, -0.05) is 11.6 Å². The molecule has 0 aliphatic carbocycles. The lowest BCUT2D eigenvalue weighted by Crippen LogP contribution is -2.44. The van der Waals surface area contributed by atoms with Crippen LogP contribution in [0.3, 0.4) is 0 Å². The number of fused-ring (bicyclic) bond motifs is 1. The number of benzene rings is 1. The fourth-order valence-electron chi connectivity index (χ4n) is 4.12. The zero-order valence-corrected chi connectivity index (χ0v) is 19.0. The Balaban J connectivity index is 1.45. The fourth-order valence-corrected chi connectivity index (χ4v) is 4.34. The summed E-state index contributed by atoms with van der Waals surface area (Å²) in [7, 11) is 2.12. The van der Waals surface area contributed by atoms with Gasteiger partial charge in [0.15, 0.2) is 11.6 Å². The van der Waals surface area contributed by atoms with Crippen LogP contribution in [0.25, 0.3) is 11.3 Å². The molecular weight excluding hydrogens is 448 g/mol. The fraction of sp³-hybridized carbons (Fsp3) is 0.348. The van der Waals surface area contributed by atoms with Crippen LogP contribution < -0.4 is 15.1 Å². The number of hydrogen-bond acceptors (Lipinski definition) is 7. The van der Waals surface area contributed by atoms with Gasteiger partial charge >= 0.3 is 0 Å². The summed E-state index contributed by atoms with van der Waals surface area (Å²) in [6.07, 6.45) is 3.50. The Morgan fingerprint density at radius 3 is 2.64 bits per heavy atom. The Hall–Kier alpha value is -3.04. The minimum absolute atomic E-state index is 0.0954. The molecule has 0 saturated carbocycles. The summed E-state index contributed by atoms with van der Waals surface area (Å²) in [5.74, 6) is 0.902. The molecule has 2 aromatic heterocycles. The second-order valence-electron chi connectivity index (χ2n) is 8.29. The van der Waals surface area contributed by atoms with Crippen LogP contribution in [0.5, 0.6) is 0 Å². The first-order valence-electron chi connectivity index (χ1n) is 10.9. The maximum absolute atomic E-state index is 14.4. The molecule has 3 aromatic rings. The van der Waals surface area contributed by atoms with Crippen molar-refractivity contribution in [3.8, 4) is 11.3 Å². The normalized spacial score (nSPS) is 16.5. The van der Waals surface area contributed by atoms with E-state index in [4.69, 9.17) is 16.6 Å². The van der Waals surface area contributed by atoms with E-state index >= 15 is 0 Å². The number of aromatic nitrogens is 3. The maximum atomic E-state index is 14.4. The van der Waals surface area contributed by atoms with E-state index in [1.54, 1.807) is 12.4 Å². The second kappa shape index (κ2) is 9.07. The van der Waals surface area contributed by atoms with Crippen molar-refractivity contribution in [2.24, 2.45) is 0 Å². The van der Waals surface area contributed by atoms with Crippen molar-refractivity contribution in [3.05, 3.63) is 58.9 Å². The lowest BCUT2D eigenvalue weighted by atomic mass is 10.1. The summed E-state index contributed by atoms with van der Waals surface area (Å²) in [5.41, 5.74) is 1.69. The first kappa shape index (κ1) is 21.8. The van der Waals surface area contributed by atoms with E-state index in [1.807, 2.05) is 17.0 Å². The molecule has 4 heterocycles. The molecule has 2 aliphatic rings. The van der Waals surface area contributed by atoms with Crippen LogP contribution in [0.15, 0.2) is 36.7 Å². The molecule has 0 atom stereocenters. The monoisotopic (exact) mass is 471 g/mol. The summed E-state index contributed by atoms with van der Waals surface area (Å²) in [6, 6.07) is 6.05. The van der Waals surface area contributed by atoms with E-state index in [1.165, 1.54) is 0 Å². The number of anilines is 3. The smallest absolute Gasteiger partial charge is 0.172 e. The van der Waals surface area contributed by atoms with Crippen LogP contribution in [-0.2, 0) is 6.54 Å². The van der Waals surface area contributed by atoms with Crippen molar-refractivity contribution in [2.45, 2.75) is 6.54 Å². The van der Waals surface area contributed by atoms with Gasteiger partial charge in [0.2, 0.25) is 0 Å². The van der Waals surface area contributed by atoms with Crippen LogP contribution in [0.4, 0.5) is 26.2 Å². The zero-order chi connectivity index (χ0) is 22.9. The van der Waals surface area contributed by atoms with Crippen LogP contribution in [0, 0.1) is 11.6 Å². The lowest BCUT2D eigenvalue weighted by Gasteiger charge is -2.33. The molecule has 0 bridgehead atoms. The molecular formula is C23H24ClF2N7. The van der Waals surface area contributed by atoms with Gasteiger partial charge in [-0.2, -0.15) is 0 Å². The molecule has 1 fully saturated rings. The molecule has 2 aliphatic heterocycles. The largest absolute Gasteiger partial charge is 0.365 e. The van der Waals surface area contributed by atoms with Gasteiger partial charge in [0.25, 0.3) is 0 Å². The first-order chi connectivity index (χ1) is 16.0. The van der Waals surface area contributed by atoms with Crippen molar-refractivity contribution >= 4 is 29.1 Å². The van der Waals surface area contributed by atoms with Crippen molar-refractivity contribution in [2.75, 3.05) is 61.4 Å². The molecule has 172 valence electrons. The van der Waals surface area contributed by atoms with Crippen LogP contribution >= 0.6 is 11.6 Å². The average Bonchev–Trinajstić information content (AvgIpc) is 2.84. The molecule has 0 unspecified atom stereocenters. The summed E-state index contributed by atoms with van der Waals surface area (Å²) >= 11 is 6.06. The number of halogens is 3. The van der Waals surface area contributed by atoms with Gasteiger partial charge in [0.1, 0.15) is 17.5 Å². The molecule has 10 heteroatoms. The van der Waals surface area contributed by atoms with Gasteiger partial charge < -0.3 is 20.0 Å². The predicted molar refractivity (Wildman–Crippen MR) is 126 cm³/mol. The number of likely N-dealkylation sites (N-methyl/N-ethyl adjacent to an activating group) is 1. The second-order valence-corrected chi connectivity index (χ2v) is 8.67. The minimum atomic E-state index is -0.642. The molecule has 7 nitrogen and oxygen atoms in total. The molecule has 1 aromatic carbocycles. The number of hydrogen-bond donors (Lipinski definition) is 1. The molecule has 0 amide bonds. The zero-order valence-electron chi connectivity index (χ0n) is 18.2. The predicted octanol–water partition coefficient (Wildman–Crippen LogP) is 3.65. The third-order valence-electron chi connectivity index (χ3n) is 6.08. The van der Waals surface area contributed by atoms with Gasteiger partial charge in [-0.25, -0.2) is 23.7 Å². The molecule has 5 rings (SSSR count). The third kappa shape index (κ3) is 4.43. The number of nitrogens with zero attached hydrogens (tertiary/aromatic N) is 6. The Morgan fingerprint density at radius 2 is 1.82 bits per heavy atom. The van der Waals surface area contributed by atoms with E-state index in [-0.39, 0.29) is 17.1 Å². The van der Waals surface area contributed by atoms with E-state index in [0.717, 1.165) is 49.7 Å². The van der Waals surface area contributed by atoms with Crippen molar-refractivity contribution in [1.82, 2.24) is 19.9 Å². The van der Waals surface area contributed by atoms with E-state index in [2.05, 4.69) is 32.1 Å². The lowest BCUT2D eigenvalue weighted by molar-refractivity contribution is 0.312. The highest BCUT2D eigenvalue weighted by Gasteiger charge is 2.24. The van der Waals surface area contributed by atoms with Gasteiger partial charge in [-0.15, -0.1) is 0 Å². The number of nitrogens with one attached hydrogen (secondary N) is 1. The summed E-state index contributed by atoms with van der Waals surface area (Å²) in [5, 5.41) is 3.02. The molecule has 1 N–H and O–H groups in total. The van der Waals surface area contributed by atoms with Crippen LogP contribution in [0.2, 0.25) is 5.02 Å². The Kier molecular flexibility index (Phi) is 5.99. The number of rotatable bonds is 4. The summed E-state index contributed by atoms with van der Waals surface area (Å²) < 4.78 is 28.3. The van der Waals surface area contributed by atoms with Crippen LogP contribution in [-0.4, -0.2) is 66.2 Å². The standard InChI is InChI=1S/C23H24ClF2N7/c1-31-8-10-32(11-9-31)20-12-15(4-5-27-20)19-13-29-22-23(30-19)33(7-6-28-22)14-16-17(25)2-3-18(26)21(16)24/h2-5,12-13H,6-11,14H2,1H3,(H,28,29).